The Bertz CT molecular complexity index is 570. The van der Waals surface area contributed by atoms with E-state index in [0.29, 0.717) is 18.0 Å². The van der Waals surface area contributed by atoms with Gasteiger partial charge in [-0.1, -0.05) is 28.1 Å². The summed E-state index contributed by atoms with van der Waals surface area (Å²) < 4.78 is 5.85. The van der Waals surface area contributed by atoms with Crippen molar-refractivity contribution >= 4 is 21.8 Å². The van der Waals surface area contributed by atoms with E-state index in [1.807, 2.05) is 18.2 Å². The number of pyridine rings is 1. The number of nitrogens with zero attached hydrogens (tertiary/aromatic N) is 1. The van der Waals surface area contributed by atoms with E-state index >= 15 is 0 Å². The molecule has 0 spiro atoms. The maximum atomic E-state index is 11.9. The molecule has 0 saturated carbocycles. The van der Waals surface area contributed by atoms with Crippen molar-refractivity contribution in [2.24, 2.45) is 0 Å². The lowest BCUT2D eigenvalue weighted by atomic mass is 10.2. The molecule has 4 nitrogen and oxygen atoms in total. The van der Waals surface area contributed by atoms with Crippen molar-refractivity contribution in [3.8, 4) is 5.88 Å². The SMILES string of the molecule is COc1ccc(CNC(=O)c2cccc(Br)c2)cn1. The van der Waals surface area contributed by atoms with Crippen LogP contribution in [0.15, 0.2) is 47.1 Å². The Morgan fingerprint density at radius 2 is 2.21 bits per heavy atom. The number of amides is 1. The van der Waals surface area contributed by atoms with Crippen LogP contribution >= 0.6 is 15.9 Å². The van der Waals surface area contributed by atoms with Gasteiger partial charge in [0, 0.05) is 28.8 Å². The average Bonchev–Trinajstić information content (AvgIpc) is 2.45. The molecule has 2 rings (SSSR count). The molecule has 1 N–H and O–H groups in total. The Balaban J connectivity index is 1.96. The van der Waals surface area contributed by atoms with Crippen LogP contribution < -0.4 is 10.1 Å². The van der Waals surface area contributed by atoms with Crippen LogP contribution in [0.2, 0.25) is 0 Å². The number of ether oxygens (including phenoxy) is 1. The van der Waals surface area contributed by atoms with E-state index in [-0.39, 0.29) is 5.91 Å². The molecule has 0 bridgehead atoms. The Labute approximate surface area is 119 Å². The molecule has 0 aliphatic rings. The second-order valence-electron chi connectivity index (χ2n) is 3.90. The molecule has 0 radical (unpaired) electrons. The zero-order chi connectivity index (χ0) is 13.7. The van der Waals surface area contributed by atoms with E-state index in [4.69, 9.17) is 4.74 Å². The van der Waals surface area contributed by atoms with Crippen molar-refractivity contribution in [2.75, 3.05) is 7.11 Å². The van der Waals surface area contributed by atoms with Crippen LogP contribution in [0.3, 0.4) is 0 Å². The zero-order valence-corrected chi connectivity index (χ0v) is 12.0. The molecule has 2 aromatic rings. The van der Waals surface area contributed by atoms with E-state index in [0.717, 1.165) is 10.0 Å². The lowest BCUT2D eigenvalue weighted by Crippen LogP contribution is -2.22. The highest BCUT2D eigenvalue weighted by atomic mass is 79.9. The molecule has 0 saturated heterocycles. The fourth-order valence-electron chi connectivity index (χ4n) is 1.55. The Hall–Kier alpha value is -1.88. The number of halogens is 1. The number of nitrogens with one attached hydrogen (secondary N) is 1. The minimum absolute atomic E-state index is 0.114. The third-order valence-electron chi connectivity index (χ3n) is 2.55. The number of aromatic nitrogens is 1. The van der Waals surface area contributed by atoms with Crippen molar-refractivity contribution in [2.45, 2.75) is 6.54 Å². The summed E-state index contributed by atoms with van der Waals surface area (Å²) in [7, 11) is 1.57. The zero-order valence-electron chi connectivity index (χ0n) is 10.4. The number of hydrogen-bond acceptors (Lipinski definition) is 3. The molecular weight excluding hydrogens is 308 g/mol. The summed E-state index contributed by atoms with van der Waals surface area (Å²) in [6.07, 6.45) is 1.68. The van der Waals surface area contributed by atoms with Gasteiger partial charge >= 0.3 is 0 Å². The second kappa shape index (κ2) is 6.33. The van der Waals surface area contributed by atoms with Crippen molar-refractivity contribution in [1.82, 2.24) is 10.3 Å². The summed E-state index contributed by atoms with van der Waals surface area (Å²) in [5, 5.41) is 2.84. The van der Waals surface area contributed by atoms with Crippen LogP contribution in [0.4, 0.5) is 0 Å². The number of hydrogen-bond donors (Lipinski definition) is 1. The second-order valence-corrected chi connectivity index (χ2v) is 4.82. The summed E-state index contributed by atoms with van der Waals surface area (Å²) >= 11 is 3.34. The molecule has 1 aromatic carbocycles. The minimum atomic E-state index is -0.114. The van der Waals surface area contributed by atoms with Gasteiger partial charge in [-0.25, -0.2) is 4.98 Å². The molecule has 98 valence electrons. The molecule has 0 aliphatic heterocycles. The number of carbonyl (C=O) groups excluding carboxylic acids is 1. The van der Waals surface area contributed by atoms with Crippen molar-refractivity contribution in [3.63, 3.8) is 0 Å². The monoisotopic (exact) mass is 320 g/mol. The molecule has 1 aromatic heterocycles. The highest BCUT2D eigenvalue weighted by Crippen LogP contribution is 2.12. The van der Waals surface area contributed by atoms with Crippen molar-refractivity contribution in [3.05, 3.63) is 58.2 Å². The van der Waals surface area contributed by atoms with E-state index in [1.165, 1.54) is 0 Å². The predicted molar refractivity (Wildman–Crippen MR) is 76.1 cm³/mol. The van der Waals surface area contributed by atoms with E-state index < -0.39 is 0 Å². The van der Waals surface area contributed by atoms with E-state index in [1.54, 1.807) is 31.5 Å². The first-order valence-electron chi connectivity index (χ1n) is 5.72. The molecule has 0 fully saturated rings. The van der Waals surface area contributed by atoms with Gasteiger partial charge in [0.2, 0.25) is 5.88 Å². The van der Waals surface area contributed by atoms with Gasteiger partial charge in [0.15, 0.2) is 0 Å². The molecule has 5 heteroatoms. The number of rotatable bonds is 4. The van der Waals surface area contributed by atoms with Gasteiger partial charge in [0.1, 0.15) is 0 Å². The predicted octanol–water partition coefficient (Wildman–Crippen LogP) is 2.78. The van der Waals surface area contributed by atoms with Gasteiger partial charge in [0.25, 0.3) is 5.91 Å². The molecule has 0 atom stereocenters. The van der Waals surface area contributed by atoms with Crippen molar-refractivity contribution in [1.29, 1.82) is 0 Å². The number of benzene rings is 1. The van der Waals surface area contributed by atoms with Gasteiger partial charge < -0.3 is 10.1 Å². The van der Waals surface area contributed by atoms with Gasteiger partial charge in [-0.05, 0) is 23.8 Å². The van der Waals surface area contributed by atoms with Crippen LogP contribution in [-0.2, 0) is 6.54 Å². The first-order valence-corrected chi connectivity index (χ1v) is 6.51. The van der Waals surface area contributed by atoms with Crippen LogP contribution in [-0.4, -0.2) is 18.0 Å². The summed E-state index contributed by atoms with van der Waals surface area (Å²) in [6, 6.07) is 10.9. The van der Waals surface area contributed by atoms with Gasteiger partial charge in [0.05, 0.1) is 7.11 Å². The van der Waals surface area contributed by atoms with Crippen LogP contribution in [0, 0.1) is 0 Å². The smallest absolute Gasteiger partial charge is 0.251 e. The third kappa shape index (κ3) is 3.79. The van der Waals surface area contributed by atoms with E-state index in [9.17, 15) is 4.79 Å². The normalized spacial score (nSPS) is 10.0. The Morgan fingerprint density at radius 3 is 2.84 bits per heavy atom. The van der Waals surface area contributed by atoms with Crippen LogP contribution in [0.5, 0.6) is 5.88 Å². The highest BCUT2D eigenvalue weighted by Gasteiger charge is 2.05. The fourth-order valence-corrected chi connectivity index (χ4v) is 1.95. The Morgan fingerprint density at radius 1 is 1.37 bits per heavy atom. The van der Waals surface area contributed by atoms with Gasteiger partial charge in [-0.2, -0.15) is 0 Å². The lowest BCUT2D eigenvalue weighted by Gasteiger charge is -2.06. The number of methoxy groups -OCH3 is 1. The molecule has 19 heavy (non-hydrogen) atoms. The molecule has 0 unspecified atom stereocenters. The van der Waals surface area contributed by atoms with Crippen LogP contribution in [0.25, 0.3) is 0 Å². The summed E-state index contributed by atoms with van der Waals surface area (Å²) in [5.41, 5.74) is 1.54. The van der Waals surface area contributed by atoms with Crippen molar-refractivity contribution < 1.29 is 9.53 Å². The quantitative estimate of drug-likeness (QED) is 0.942. The topological polar surface area (TPSA) is 51.2 Å². The average molecular weight is 321 g/mol. The minimum Gasteiger partial charge on any atom is -0.481 e. The first-order chi connectivity index (χ1) is 9.19. The largest absolute Gasteiger partial charge is 0.481 e. The van der Waals surface area contributed by atoms with Gasteiger partial charge in [-0.3, -0.25) is 4.79 Å². The summed E-state index contributed by atoms with van der Waals surface area (Å²) in [4.78, 5) is 16.0. The number of carbonyl (C=O) groups is 1. The first kappa shape index (κ1) is 13.5. The standard InChI is InChI=1S/C14H13BrN2O2/c1-19-13-6-5-10(8-16-13)9-17-14(18)11-3-2-4-12(15)7-11/h2-8H,9H2,1H3,(H,17,18). The highest BCUT2D eigenvalue weighted by molar-refractivity contribution is 9.10. The fraction of sp³-hybridized carbons (Fsp3) is 0.143. The Kier molecular flexibility index (Phi) is 4.52. The molecular formula is C14H13BrN2O2. The van der Waals surface area contributed by atoms with E-state index in [2.05, 4.69) is 26.2 Å². The lowest BCUT2D eigenvalue weighted by molar-refractivity contribution is 0.0951. The molecule has 0 aliphatic carbocycles. The maximum Gasteiger partial charge on any atom is 0.251 e. The summed E-state index contributed by atoms with van der Waals surface area (Å²) in [5.74, 6) is 0.444. The molecule has 1 amide bonds. The van der Waals surface area contributed by atoms with Crippen LogP contribution in [0.1, 0.15) is 15.9 Å². The maximum absolute atomic E-state index is 11.9. The summed E-state index contributed by atoms with van der Waals surface area (Å²) in [6.45, 7) is 0.433. The molecule has 1 heterocycles. The third-order valence-corrected chi connectivity index (χ3v) is 3.04. The van der Waals surface area contributed by atoms with Gasteiger partial charge in [-0.15, -0.1) is 0 Å².